The van der Waals surface area contributed by atoms with Crippen LogP contribution in [0.5, 0.6) is 23.0 Å². The Morgan fingerprint density at radius 2 is 1.90 bits per heavy atom. The number of nitrogens with zero attached hydrogens (tertiary/aromatic N) is 1. The molecule has 1 heterocycles. The Hall–Kier alpha value is -4.26. The maximum atomic E-state index is 12.5. The summed E-state index contributed by atoms with van der Waals surface area (Å²) in [5, 5.41) is 19.2. The molecule has 0 radical (unpaired) electrons. The SMILES string of the molecule is CCOC(=O)C1=C(C)NC(=O)N[C@@H]1c1ccc(OCC(=O)N/N=C\c2cc(Br)c(O)c(OCC)c2)c(OC)c1. The third-order valence-electron chi connectivity index (χ3n) is 5.40. The van der Waals surface area contributed by atoms with Gasteiger partial charge in [-0.2, -0.15) is 5.10 Å². The number of aromatic hydroxyl groups is 1. The van der Waals surface area contributed by atoms with Crippen LogP contribution in [0, 0.1) is 0 Å². The van der Waals surface area contributed by atoms with E-state index >= 15 is 0 Å². The molecule has 0 aliphatic carbocycles. The van der Waals surface area contributed by atoms with Gasteiger partial charge in [0.05, 0.1) is 42.6 Å². The minimum atomic E-state index is -0.776. The third kappa shape index (κ3) is 7.41. The Labute approximate surface area is 233 Å². The van der Waals surface area contributed by atoms with Gasteiger partial charge in [-0.3, -0.25) is 4.79 Å². The minimum absolute atomic E-state index is 0.0304. The van der Waals surface area contributed by atoms with E-state index in [9.17, 15) is 19.5 Å². The Morgan fingerprint density at radius 3 is 2.59 bits per heavy atom. The molecule has 1 aliphatic rings. The number of phenolic OH excluding ortho intramolecular Hbond substituents is 1. The van der Waals surface area contributed by atoms with Crippen molar-refractivity contribution in [2.75, 3.05) is 26.9 Å². The van der Waals surface area contributed by atoms with Crippen LogP contribution < -0.4 is 30.3 Å². The summed E-state index contributed by atoms with van der Waals surface area (Å²) in [5.74, 6) is -0.288. The lowest BCUT2D eigenvalue weighted by atomic mass is 9.95. The van der Waals surface area contributed by atoms with Crippen molar-refractivity contribution in [3.05, 3.63) is 57.2 Å². The highest BCUT2D eigenvalue weighted by molar-refractivity contribution is 9.10. The first-order chi connectivity index (χ1) is 18.7. The zero-order valence-corrected chi connectivity index (χ0v) is 23.4. The second-order valence-corrected chi connectivity index (χ2v) is 8.92. The molecule has 1 aliphatic heterocycles. The second-order valence-electron chi connectivity index (χ2n) is 8.07. The molecule has 3 amide bonds. The number of rotatable bonds is 11. The number of phenols is 1. The lowest BCUT2D eigenvalue weighted by Crippen LogP contribution is -2.45. The van der Waals surface area contributed by atoms with Crippen LogP contribution >= 0.6 is 15.9 Å². The summed E-state index contributed by atoms with van der Waals surface area (Å²) in [6, 6.07) is 6.78. The number of allylic oxidation sites excluding steroid dienone is 1. The van der Waals surface area contributed by atoms with Gasteiger partial charge in [0.2, 0.25) is 0 Å². The number of ether oxygens (including phenoxy) is 4. The second kappa shape index (κ2) is 13.5. The minimum Gasteiger partial charge on any atom is -0.503 e. The summed E-state index contributed by atoms with van der Waals surface area (Å²) in [6.45, 7) is 5.29. The molecule has 0 unspecified atom stereocenters. The van der Waals surface area contributed by atoms with Gasteiger partial charge < -0.3 is 34.7 Å². The van der Waals surface area contributed by atoms with Gasteiger partial charge in [0.15, 0.2) is 29.6 Å². The molecule has 2 aromatic rings. The van der Waals surface area contributed by atoms with Crippen LogP contribution in [0.1, 0.15) is 37.9 Å². The topological polar surface area (TPSA) is 157 Å². The van der Waals surface area contributed by atoms with Gasteiger partial charge in [0.25, 0.3) is 5.91 Å². The number of carbonyl (C=O) groups is 3. The van der Waals surface area contributed by atoms with E-state index in [1.165, 1.54) is 13.3 Å². The molecule has 2 aromatic carbocycles. The monoisotopic (exact) mass is 604 g/mol. The van der Waals surface area contributed by atoms with Crippen molar-refractivity contribution >= 4 is 40.1 Å². The average molecular weight is 605 g/mol. The van der Waals surface area contributed by atoms with Crippen molar-refractivity contribution in [3.8, 4) is 23.0 Å². The van der Waals surface area contributed by atoms with Gasteiger partial charge in [-0.1, -0.05) is 6.07 Å². The molecule has 12 nitrogen and oxygen atoms in total. The molecule has 4 N–H and O–H groups in total. The van der Waals surface area contributed by atoms with E-state index in [2.05, 4.69) is 37.1 Å². The van der Waals surface area contributed by atoms with Crippen LogP contribution in [-0.2, 0) is 14.3 Å². The quantitative estimate of drug-likeness (QED) is 0.173. The first-order valence-electron chi connectivity index (χ1n) is 11.9. The highest BCUT2D eigenvalue weighted by Gasteiger charge is 2.32. The standard InChI is InChI=1S/C26H29BrN4O8/c1-5-37-20-10-15(9-17(27)24(20)33)12-28-31-21(32)13-39-18-8-7-16(11-19(18)36-4)23-22(25(34)38-6-2)14(3)29-26(35)30-23/h7-12,23,33H,5-6,13H2,1-4H3,(H,31,32)(H2,29,30,35)/b28-12-/t23-/m1/s1. The molecule has 0 saturated heterocycles. The van der Waals surface area contributed by atoms with Crippen molar-refractivity contribution in [1.29, 1.82) is 0 Å². The number of hydrogen-bond acceptors (Lipinski definition) is 9. The van der Waals surface area contributed by atoms with Crippen LogP contribution in [0.15, 0.2) is 51.2 Å². The molecule has 1 atom stereocenters. The van der Waals surface area contributed by atoms with Crippen LogP contribution in [0.3, 0.4) is 0 Å². The number of nitrogens with one attached hydrogen (secondary N) is 3. The molecule has 3 rings (SSSR count). The highest BCUT2D eigenvalue weighted by Crippen LogP contribution is 2.36. The number of methoxy groups -OCH3 is 1. The average Bonchev–Trinajstić information content (AvgIpc) is 2.89. The fourth-order valence-corrected chi connectivity index (χ4v) is 4.15. The van der Waals surface area contributed by atoms with Gasteiger partial charge in [-0.15, -0.1) is 0 Å². The van der Waals surface area contributed by atoms with E-state index in [0.717, 1.165) is 0 Å². The van der Waals surface area contributed by atoms with Gasteiger partial charge in [-0.05, 0) is 72.1 Å². The van der Waals surface area contributed by atoms with Gasteiger partial charge in [0.1, 0.15) is 0 Å². The number of benzene rings is 2. The van der Waals surface area contributed by atoms with Crippen molar-refractivity contribution in [1.82, 2.24) is 16.1 Å². The molecular formula is C26H29BrN4O8. The first kappa shape index (κ1) is 29.3. The molecule has 0 aromatic heterocycles. The van der Waals surface area contributed by atoms with Crippen LogP contribution in [-0.4, -0.2) is 56.2 Å². The Kier molecular flexibility index (Phi) is 10.1. The molecule has 0 fully saturated rings. The number of hydrazone groups is 1. The lowest BCUT2D eigenvalue weighted by molar-refractivity contribution is -0.139. The van der Waals surface area contributed by atoms with Crippen molar-refractivity contribution < 1.29 is 38.4 Å². The van der Waals surface area contributed by atoms with Crippen molar-refractivity contribution in [2.45, 2.75) is 26.8 Å². The summed E-state index contributed by atoms with van der Waals surface area (Å²) < 4.78 is 22.0. The van der Waals surface area contributed by atoms with E-state index in [0.29, 0.717) is 27.9 Å². The smallest absolute Gasteiger partial charge is 0.338 e. The van der Waals surface area contributed by atoms with E-state index in [-0.39, 0.29) is 41.8 Å². The molecular weight excluding hydrogens is 576 g/mol. The van der Waals surface area contributed by atoms with Crippen LogP contribution in [0.2, 0.25) is 0 Å². The molecule has 39 heavy (non-hydrogen) atoms. The third-order valence-corrected chi connectivity index (χ3v) is 6.00. The number of halogens is 1. The summed E-state index contributed by atoms with van der Waals surface area (Å²) in [4.78, 5) is 36.9. The lowest BCUT2D eigenvalue weighted by Gasteiger charge is -2.28. The number of carbonyl (C=O) groups excluding carboxylic acids is 3. The summed E-state index contributed by atoms with van der Waals surface area (Å²) in [6.07, 6.45) is 1.39. The van der Waals surface area contributed by atoms with Crippen molar-refractivity contribution in [3.63, 3.8) is 0 Å². The predicted molar refractivity (Wildman–Crippen MR) is 145 cm³/mol. The predicted octanol–water partition coefficient (Wildman–Crippen LogP) is 3.28. The molecule has 0 spiro atoms. The zero-order valence-electron chi connectivity index (χ0n) is 21.8. The molecule has 0 bridgehead atoms. The zero-order chi connectivity index (χ0) is 28.5. The van der Waals surface area contributed by atoms with Gasteiger partial charge >= 0.3 is 12.0 Å². The first-order valence-corrected chi connectivity index (χ1v) is 12.7. The molecule has 0 saturated carbocycles. The van der Waals surface area contributed by atoms with Crippen LogP contribution in [0.4, 0.5) is 4.79 Å². The van der Waals surface area contributed by atoms with E-state index in [4.69, 9.17) is 18.9 Å². The Bertz CT molecular complexity index is 1310. The Morgan fingerprint density at radius 1 is 1.13 bits per heavy atom. The van der Waals surface area contributed by atoms with Crippen LogP contribution in [0.25, 0.3) is 0 Å². The number of amides is 3. The Balaban J connectivity index is 1.68. The van der Waals surface area contributed by atoms with Crippen molar-refractivity contribution in [2.24, 2.45) is 5.10 Å². The van der Waals surface area contributed by atoms with Gasteiger partial charge in [0, 0.05) is 5.70 Å². The maximum absolute atomic E-state index is 12.5. The number of esters is 1. The van der Waals surface area contributed by atoms with E-state index in [1.807, 2.05) is 0 Å². The summed E-state index contributed by atoms with van der Waals surface area (Å²) in [5.41, 5.74) is 4.14. The molecule has 208 valence electrons. The fraction of sp³-hybridized carbons (Fsp3) is 0.308. The normalized spacial score (nSPS) is 14.9. The highest BCUT2D eigenvalue weighted by atomic mass is 79.9. The fourth-order valence-electron chi connectivity index (χ4n) is 3.69. The van der Waals surface area contributed by atoms with E-state index < -0.39 is 23.9 Å². The number of hydrogen-bond donors (Lipinski definition) is 4. The number of urea groups is 1. The largest absolute Gasteiger partial charge is 0.503 e. The maximum Gasteiger partial charge on any atom is 0.338 e. The van der Waals surface area contributed by atoms with Gasteiger partial charge in [-0.25, -0.2) is 15.0 Å². The molecule has 13 heteroatoms. The summed E-state index contributed by atoms with van der Waals surface area (Å²) in [7, 11) is 1.43. The van der Waals surface area contributed by atoms with E-state index in [1.54, 1.807) is 51.1 Å². The summed E-state index contributed by atoms with van der Waals surface area (Å²) >= 11 is 3.25.